The Bertz CT molecular complexity index is 438. The van der Waals surface area contributed by atoms with Crippen LogP contribution in [0.5, 0.6) is 0 Å². The van der Waals surface area contributed by atoms with Crippen LogP contribution < -0.4 is 10.2 Å². The van der Waals surface area contributed by atoms with Crippen molar-refractivity contribution in [2.24, 2.45) is 0 Å². The minimum atomic E-state index is 0.216. The highest BCUT2D eigenvalue weighted by molar-refractivity contribution is 5.50. The van der Waals surface area contributed by atoms with E-state index in [1.807, 2.05) is 24.3 Å². The Morgan fingerprint density at radius 2 is 2.16 bits per heavy atom. The Balaban J connectivity index is 2.16. The molecule has 1 heterocycles. The molecule has 0 radical (unpaired) electrons. The molecule has 0 aromatic heterocycles. The van der Waals surface area contributed by atoms with E-state index in [4.69, 9.17) is 10.4 Å². The molecule has 1 aliphatic heterocycles. The van der Waals surface area contributed by atoms with E-state index < -0.39 is 0 Å². The predicted molar refractivity (Wildman–Crippen MR) is 76.1 cm³/mol. The highest BCUT2D eigenvalue weighted by Crippen LogP contribution is 2.21. The Hall–Kier alpha value is -1.57. The van der Waals surface area contributed by atoms with Crippen LogP contribution in [-0.4, -0.2) is 36.9 Å². The van der Waals surface area contributed by atoms with Crippen LogP contribution in [0.2, 0.25) is 0 Å². The summed E-state index contributed by atoms with van der Waals surface area (Å²) in [6.07, 6.45) is 1.86. The maximum atomic E-state index is 9.11. The van der Waals surface area contributed by atoms with Gasteiger partial charge in [0.15, 0.2) is 0 Å². The molecule has 19 heavy (non-hydrogen) atoms. The van der Waals surface area contributed by atoms with Gasteiger partial charge >= 0.3 is 0 Å². The SMILES string of the molecule is CC1CCNC(CCO)CN1c1ccc(C#N)cc1. The smallest absolute Gasteiger partial charge is 0.0991 e. The van der Waals surface area contributed by atoms with Gasteiger partial charge in [-0.3, -0.25) is 0 Å². The van der Waals surface area contributed by atoms with Gasteiger partial charge in [-0.05, 0) is 50.6 Å². The zero-order valence-corrected chi connectivity index (χ0v) is 11.3. The van der Waals surface area contributed by atoms with Crippen molar-refractivity contribution in [3.63, 3.8) is 0 Å². The number of rotatable bonds is 3. The molecule has 102 valence electrons. The number of nitrogens with one attached hydrogen (secondary N) is 1. The first-order valence-electron chi connectivity index (χ1n) is 6.85. The van der Waals surface area contributed by atoms with E-state index in [0.717, 1.165) is 31.6 Å². The summed E-state index contributed by atoms with van der Waals surface area (Å²) in [5.41, 5.74) is 1.84. The van der Waals surface area contributed by atoms with Gasteiger partial charge in [-0.1, -0.05) is 0 Å². The molecule has 0 spiro atoms. The Morgan fingerprint density at radius 1 is 1.42 bits per heavy atom. The summed E-state index contributed by atoms with van der Waals surface area (Å²) in [5.74, 6) is 0. The molecule has 4 heteroatoms. The van der Waals surface area contributed by atoms with Crippen LogP contribution in [-0.2, 0) is 0 Å². The molecule has 2 unspecified atom stereocenters. The van der Waals surface area contributed by atoms with Crippen LogP contribution >= 0.6 is 0 Å². The highest BCUT2D eigenvalue weighted by Gasteiger charge is 2.22. The van der Waals surface area contributed by atoms with Crippen molar-refractivity contribution in [1.29, 1.82) is 5.26 Å². The number of nitriles is 1. The lowest BCUT2D eigenvalue weighted by Crippen LogP contribution is -2.40. The Kier molecular flexibility index (Phi) is 4.78. The Morgan fingerprint density at radius 3 is 2.79 bits per heavy atom. The number of hydrogen-bond acceptors (Lipinski definition) is 4. The maximum Gasteiger partial charge on any atom is 0.0991 e. The molecule has 0 bridgehead atoms. The first-order chi connectivity index (χ1) is 9.24. The summed E-state index contributed by atoms with van der Waals surface area (Å²) in [5, 5.41) is 21.4. The zero-order chi connectivity index (χ0) is 13.7. The van der Waals surface area contributed by atoms with Crippen LogP contribution in [0.15, 0.2) is 24.3 Å². The van der Waals surface area contributed by atoms with E-state index >= 15 is 0 Å². The number of benzene rings is 1. The van der Waals surface area contributed by atoms with Crippen molar-refractivity contribution in [1.82, 2.24) is 5.32 Å². The van der Waals surface area contributed by atoms with Crippen molar-refractivity contribution in [2.75, 3.05) is 24.6 Å². The van der Waals surface area contributed by atoms with Crippen LogP contribution in [0.4, 0.5) is 5.69 Å². The van der Waals surface area contributed by atoms with Crippen molar-refractivity contribution in [3.05, 3.63) is 29.8 Å². The normalized spacial score (nSPS) is 23.7. The monoisotopic (exact) mass is 259 g/mol. The van der Waals surface area contributed by atoms with Gasteiger partial charge < -0.3 is 15.3 Å². The third-order valence-corrected chi connectivity index (χ3v) is 3.75. The van der Waals surface area contributed by atoms with Gasteiger partial charge in [0.05, 0.1) is 11.6 Å². The summed E-state index contributed by atoms with van der Waals surface area (Å²) in [4.78, 5) is 2.36. The summed E-state index contributed by atoms with van der Waals surface area (Å²) in [6, 6.07) is 10.7. The van der Waals surface area contributed by atoms with E-state index in [1.54, 1.807) is 0 Å². The standard InChI is InChI=1S/C15H21N3O/c1-12-6-8-17-14(7-9-19)11-18(12)15-4-2-13(10-16)3-5-15/h2-5,12,14,17,19H,6-9,11H2,1H3. The molecule has 1 aromatic rings. The lowest BCUT2D eigenvalue weighted by Gasteiger charge is -2.31. The summed E-state index contributed by atoms with van der Waals surface area (Å²) in [7, 11) is 0. The molecular weight excluding hydrogens is 238 g/mol. The molecular formula is C15H21N3O. The minimum Gasteiger partial charge on any atom is -0.396 e. The number of anilines is 1. The van der Waals surface area contributed by atoms with Crippen molar-refractivity contribution in [2.45, 2.75) is 31.8 Å². The fourth-order valence-corrected chi connectivity index (χ4v) is 2.57. The molecule has 0 aliphatic carbocycles. The molecule has 1 saturated heterocycles. The molecule has 0 amide bonds. The van der Waals surface area contributed by atoms with Gasteiger partial charge in [-0.2, -0.15) is 5.26 Å². The molecule has 1 aliphatic rings. The average Bonchev–Trinajstić information content (AvgIpc) is 2.62. The first kappa shape index (κ1) is 13.9. The maximum absolute atomic E-state index is 9.11. The fourth-order valence-electron chi connectivity index (χ4n) is 2.57. The summed E-state index contributed by atoms with van der Waals surface area (Å²) >= 11 is 0. The molecule has 4 nitrogen and oxygen atoms in total. The van der Waals surface area contributed by atoms with Crippen LogP contribution in [0.25, 0.3) is 0 Å². The van der Waals surface area contributed by atoms with Gasteiger partial charge in [0.25, 0.3) is 0 Å². The summed E-state index contributed by atoms with van der Waals surface area (Å²) < 4.78 is 0. The molecule has 2 atom stereocenters. The molecule has 0 saturated carbocycles. The second-order valence-electron chi connectivity index (χ2n) is 5.11. The van der Waals surface area contributed by atoms with E-state index in [-0.39, 0.29) is 6.61 Å². The number of aliphatic hydroxyl groups excluding tert-OH is 1. The van der Waals surface area contributed by atoms with Gasteiger partial charge in [0.2, 0.25) is 0 Å². The first-order valence-corrected chi connectivity index (χ1v) is 6.85. The van der Waals surface area contributed by atoms with Crippen molar-refractivity contribution < 1.29 is 5.11 Å². The van der Waals surface area contributed by atoms with Gasteiger partial charge in [0, 0.05) is 30.9 Å². The van der Waals surface area contributed by atoms with Crippen LogP contribution in [0, 0.1) is 11.3 Å². The number of nitrogens with zero attached hydrogens (tertiary/aromatic N) is 2. The third kappa shape index (κ3) is 3.46. The fraction of sp³-hybridized carbons (Fsp3) is 0.533. The number of aliphatic hydroxyl groups is 1. The molecule has 2 N–H and O–H groups in total. The number of hydrogen-bond donors (Lipinski definition) is 2. The molecule has 2 rings (SSSR count). The lowest BCUT2D eigenvalue weighted by molar-refractivity contribution is 0.267. The van der Waals surface area contributed by atoms with E-state index in [2.05, 4.69) is 23.2 Å². The highest BCUT2D eigenvalue weighted by atomic mass is 16.3. The van der Waals surface area contributed by atoms with Gasteiger partial charge in [0.1, 0.15) is 0 Å². The van der Waals surface area contributed by atoms with E-state index in [9.17, 15) is 0 Å². The molecule has 1 aromatic carbocycles. The van der Waals surface area contributed by atoms with E-state index in [0.29, 0.717) is 17.6 Å². The Labute approximate surface area is 114 Å². The quantitative estimate of drug-likeness (QED) is 0.863. The topological polar surface area (TPSA) is 59.3 Å². The lowest BCUT2D eigenvalue weighted by atomic mass is 10.1. The van der Waals surface area contributed by atoms with Gasteiger partial charge in [-0.25, -0.2) is 0 Å². The minimum absolute atomic E-state index is 0.216. The second kappa shape index (κ2) is 6.55. The van der Waals surface area contributed by atoms with Crippen molar-refractivity contribution >= 4 is 5.69 Å². The summed E-state index contributed by atoms with van der Waals surface area (Å²) in [6.45, 7) is 4.32. The second-order valence-corrected chi connectivity index (χ2v) is 5.11. The zero-order valence-electron chi connectivity index (χ0n) is 11.3. The largest absolute Gasteiger partial charge is 0.396 e. The molecule has 1 fully saturated rings. The van der Waals surface area contributed by atoms with Crippen LogP contribution in [0.3, 0.4) is 0 Å². The third-order valence-electron chi connectivity index (χ3n) is 3.75. The van der Waals surface area contributed by atoms with Crippen LogP contribution in [0.1, 0.15) is 25.3 Å². The van der Waals surface area contributed by atoms with Crippen molar-refractivity contribution in [3.8, 4) is 6.07 Å². The van der Waals surface area contributed by atoms with Gasteiger partial charge in [-0.15, -0.1) is 0 Å². The predicted octanol–water partition coefficient (Wildman–Crippen LogP) is 1.50. The average molecular weight is 259 g/mol. The van der Waals surface area contributed by atoms with E-state index in [1.165, 1.54) is 0 Å².